The molecule has 0 spiro atoms. The van der Waals surface area contributed by atoms with Gasteiger partial charge in [0.25, 0.3) is 0 Å². The number of ether oxygens (including phenoxy) is 2. The van der Waals surface area contributed by atoms with Crippen LogP contribution in [0.3, 0.4) is 0 Å². The topological polar surface area (TPSA) is 115 Å². The molecule has 1 aromatic rings. The van der Waals surface area contributed by atoms with Crippen LogP contribution in [0.2, 0.25) is 0 Å². The Labute approximate surface area is 215 Å². The van der Waals surface area contributed by atoms with Crippen LogP contribution < -0.4 is 0 Å². The van der Waals surface area contributed by atoms with Crippen LogP contribution in [-0.4, -0.2) is 29.9 Å². The van der Waals surface area contributed by atoms with Crippen LogP contribution in [0.1, 0.15) is 64.4 Å². The number of aliphatic hydroxyl groups is 1. The fraction of sp³-hybridized carbons (Fsp3) is 0.500. The normalized spacial score (nSPS) is 11.7. The molecule has 34 heavy (non-hydrogen) atoms. The molecule has 0 fully saturated rings. The van der Waals surface area contributed by atoms with Crippen LogP contribution in [0, 0.1) is 39.2 Å². The molecule has 1 rings (SSSR count). The standard InChI is InChI=1S/C23H34O4.3CO.Fe/c1-3-4-9-16-23(2,27-20-24)17-11-15-22(25)14-8-10-18-26-19-21-12-6-5-7-13-21;3*1-2;/h5-7,11-13,15,17,22,25H,3-4,8-10,14,16,18-19H2,1-2H3;;;;/q-1;;;;/t22-,23+;;;;/m0..../s1. The average molecular weight is 514 g/mol. The number of aliphatic hydroxyl groups excluding tert-OH is 1. The zero-order chi connectivity index (χ0) is 25.8. The maximum absolute atomic E-state index is 10.6. The zero-order valence-corrected chi connectivity index (χ0v) is 20.9. The summed E-state index contributed by atoms with van der Waals surface area (Å²) < 4.78 is 33.3. The van der Waals surface area contributed by atoms with Crippen molar-refractivity contribution in [3.05, 3.63) is 75.1 Å². The molecule has 0 saturated carbocycles. The van der Waals surface area contributed by atoms with E-state index in [1.54, 1.807) is 19.3 Å². The Morgan fingerprint density at radius 1 is 1.06 bits per heavy atom. The number of rotatable bonds is 17. The van der Waals surface area contributed by atoms with Crippen molar-refractivity contribution in [3.63, 3.8) is 0 Å². The third-order valence-corrected chi connectivity index (χ3v) is 4.48. The molecule has 0 aliphatic carbocycles. The number of hydrogen-bond acceptors (Lipinski definition) is 4. The van der Waals surface area contributed by atoms with Gasteiger partial charge >= 0.3 is 33.9 Å². The molecular formula is C26H34FeO7-. The summed E-state index contributed by atoms with van der Waals surface area (Å²) in [5.41, 5.74) is 0.520. The van der Waals surface area contributed by atoms with Gasteiger partial charge in [0.05, 0.1) is 18.3 Å². The summed E-state index contributed by atoms with van der Waals surface area (Å²) in [4.78, 5) is 10.6. The number of hydrogen-bond donors (Lipinski definition) is 1. The van der Waals surface area contributed by atoms with E-state index in [4.69, 9.17) is 23.4 Å². The van der Waals surface area contributed by atoms with Crippen molar-refractivity contribution in [1.82, 2.24) is 0 Å². The van der Waals surface area contributed by atoms with E-state index in [-0.39, 0.29) is 17.1 Å². The molecule has 189 valence electrons. The summed E-state index contributed by atoms with van der Waals surface area (Å²) in [6, 6.07) is 10.1. The number of unbranched alkanes of at least 4 members (excludes halogenated alkanes) is 3. The molecule has 0 aliphatic heterocycles. The van der Waals surface area contributed by atoms with E-state index in [1.165, 1.54) is 5.56 Å². The first kappa shape index (κ1) is 39.6. The Morgan fingerprint density at radius 3 is 2.24 bits per heavy atom. The number of benzene rings is 1. The Balaban J connectivity index is -0.000000593. The second kappa shape index (κ2) is 31.3. The summed E-state index contributed by atoms with van der Waals surface area (Å²) >= 11 is 0. The molecule has 0 saturated heterocycles. The molecule has 0 heterocycles. The largest absolute Gasteiger partial charge is 0 e. The fourth-order valence-electron chi connectivity index (χ4n) is 2.80. The van der Waals surface area contributed by atoms with Crippen LogP contribution in [-0.2, 0) is 51.9 Å². The van der Waals surface area contributed by atoms with Crippen LogP contribution >= 0.6 is 0 Å². The van der Waals surface area contributed by atoms with Gasteiger partial charge in [0.15, 0.2) is 0 Å². The zero-order valence-electron chi connectivity index (χ0n) is 19.8. The van der Waals surface area contributed by atoms with Crippen LogP contribution in [0.4, 0.5) is 0 Å². The SMILES string of the molecule is CCCCC[C@](C)([CH][CH][CH][C@@H](O)CCCCOCc1ccccc1)O[C-]=O.[C-]#[O+].[C-]#[O+].[C-]#[O+].[Fe]. The molecule has 8 heteroatoms. The summed E-state index contributed by atoms with van der Waals surface area (Å²) in [5, 5.41) is 10.1. The van der Waals surface area contributed by atoms with Gasteiger partial charge in [0, 0.05) is 30.1 Å². The van der Waals surface area contributed by atoms with E-state index >= 15 is 0 Å². The molecule has 0 unspecified atom stereocenters. The third-order valence-electron chi connectivity index (χ3n) is 4.48. The first-order chi connectivity index (χ1) is 16.1. The van der Waals surface area contributed by atoms with E-state index in [1.807, 2.05) is 43.7 Å². The first-order valence-corrected chi connectivity index (χ1v) is 10.6. The second-order valence-electron chi connectivity index (χ2n) is 7.11. The van der Waals surface area contributed by atoms with Crippen molar-refractivity contribution in [3.8, 4) is 0 Å². The predicted molar refractivity (Wildman–Crippen MR) is 120 cm³/mol. The molecule has 2 atom stereocenters. The van der Waals surface area contributed by atoms with Crippen LogP contribution in [0.15, 0.2) is 30.3 Å². The van der Waals surface area contributed by atoms with Crippen molar-refractivity contribution in [2.24, 2.45) is 0 Å². The van der Waals surface area contributed by atoms with Gasteiger partial charge in [0.1, 0.15) is 0 Å². The Morgan fingerprint density at radius 2 is 1.68 bits per heavy atom. The second-order valence-corrected chi connectivity index (χ2v) is 7.11. The molecule has 1 N–H and O–H groups in total. The van der Waals surface area contributed by atoms with Gasteiger partial charge < -0.3 is 19.4 Å². The third kappa shape index (κ3) is 25.0. The minimum Gasteiger partial charge on any atom is 0 e. The van der Waals surface area contributed by atoms with Crippen LogP contribution in [0.5, 0.6) is 0 Å². The van der Waals surface area contributed by atoms with Gasteiger partial charge in [-0.1, -0.05) is 56.6 Å². The van der Waals surface area contributed by atoms with Crippen molar-refractivity contribution >= 4 is 6.47 Å². The molecule has 7 nitrogen and oxygen atoms in total. The molecule has 0 aliphatic rings. The first-order valence-electron chi connectivity index (χ1n) is 10.6. The van der Waals surface area contributed by atoms with Gasteiger partial charge in [-0.05, 0) is 57.4 Å². The van der Waals surface area contributed by atoms with Crippen LogP contribution in [0.25, 0.3) is 0 Å². The summed E-state index contributed by atoms with van der Waals surface area (Å²) in [6.07, 6.45) is 11.3. The molecule has 0 bridgehead atoms. The van der Waals surface area contributed by atoms with Crippen molar-refractivity contribution in [1.29, 1.82) is 0 Å². The van der Waals surface area contributed by atoms with Gasteiger partial charge in [-0.15, -0.1) is 0 Å². The monoisotopic (exact) mass is 514 g/mol. The smallest absolute Gasteiger partial charge is 0 e. The summed E-state index contributed by atoms with van der Waals surface area (Å²) in [6.45, 7) is 20.4. The fourth-order valence-corrected chi connectivity index (χ4v) is 2.80. The van der Waals surface area contributed by atoms with Gasteiger partial charge in [-0.2, -0.15) is 0 Å². The quantitative estimate of drug-likeness (QED) is 0.141. The van der Waals surface area contributed by atoms with Gasteiger partial charge in [-0.25, -0.2) is 0 Å². The molecule has 1 aromatic carbocycles. The van der Waals surface area contributed by atoms with E-state index in [0.717, 1.165) is 38.5 Å². The molecule has 0 amide bonds. The van der Waals surface area contributed by atoms with E-state index in [2.05, 4.69) is 26.9 Å². The number of carbonyl (C=O) groups excluding carboxylic acids is 1. The van der Waals surface area contributed by atoms with Gasteiger partial charge in [-0.3, -0.25) is 0 Å². The van der Waals surface area contributed by atoms with E-state index in [0.29, 0.717) is 19.6 Å². The van der Waals surface area contributed by atoms with Crippen molar-refractivity contribution in [2.45, 2.75) is 77.1 Å². The van der Waals surface area contributed by atoms with E-state index < -0.39 is 11.7 Å². The maximum Gasteiger partial charge on any atom is 0 e. The minimum atomic E-state index is -0.654. The molecule has 3 radical (unpaired) electrons. The molecular weight excluding hydrogens is 480 g/mol. The van der Waals surface area contributed by atoms with Crippen molar-refractivity contribution < 1.29 is 50.4 Å². The average Bonchev–Trinajstić information content (AvgIpc) is 2.86. The minimum absolute atomic E-state index is 0. The Hall–Kier alpha value is -1.65. The Bertz CT molecular complexity index is 590. The van der Waals surface area contributed by atoms with Gasteiger partial charge in [0.2, 0.25) is 0 Å². The summed E-state index contributed by atoms with van der Waals surface area (Å²) in [5.74, 6) is 0. The molecule has 0 aromatic heterocycles. The predicted octanol–water partition coefficient (Wildman–Crippen LogP) is 4.66. The van der Waals surface area contributed by atoms with Crippen molar-refractivity contribution in [2.75, 3.05) is 6.61 Å². The van der Waals surface area contributed by atoms with E-state index in [9.17, 15) is 9.90 Å². The summed E-state index contributed by atoms with van der Waals surface area (Å²) in [7, 11) is 0. The Kier molecular flexibility index (Phi) is 36.5. The maximum atomic E-state index is 10.6.